The van der Waals surface area contributed by atoms with Crippen LogP contribution in [0.3, 0.4) is 0 Å². The molecule has 9 heteroatoms. The Morgan fingerprint density at radius 1 is 1.10 bits per heavy atom. The predicted octanol–water partition coefficient (Wildman–Crippen LogP) is 5.58. The van der Waals surface area contributed by atoms with Crippen LogP contribution >= 0.6 is 0 Å². The number of nitrogens with zero attached hydrogens (tertiary/aromatic N) is 6. The lowest BCUT2D eigenvalue weighted by Crippen LogP contribution is -2.28. The SMILES string of the molecule is Cc1nnn(C)c1-c1cnc2c3ccc(N4CCCC4=O)c(F)c3n([C@H](c3ccccc3)C3CCOCC3)c2c1. The van der Waals surface area contributed by atoms with E-state index in [2.05, 4.69) is 33.1 Å². The van der Waals surface area contributed by atoms with Gasteiger partial charge in [0.25, 0.3) is 0 Å². The number of hydrogen-bond acceptors (Lipinski definition) is 5. The number of hydrogen-bond donors (Lipinski definition) is 0. The number of pyridine rings is 1. The Labute approximate surface area is 231 Å². The van der Waals surface area contributed by atoms with E-state index in [1.54, 1.807) is 15.6 Å². The Bertz CT molecular complexity index is 1720. The van der Waals surface area contributed by atoms with E-state index in [-0.39, 0.29) is 23.7 Å². The average molecular weight is 539 g/mol. The molecule has 2 aliphatic heterocycles. The largest absolute Gasteiger partial charge is 0.381 e. The van der Waals surface area contributed by atoms with Crippen molar-refractivity contribution in [1.82, 2.24) is 24.5 Å². The fourth-order valence-electron chi connectivity index (χ4n) is 6.64. The Morgan fingerprint density at radius 2 is 1.90 bits per heavy atom. The maximum atomic E-state index is 16.8. The molecule has 0 saturated carbocycles. The van der Waals surface area contributed by atoms with Gasteiger partial charge in [-0.05, 0) is 55.9 Å². The topological polar surface area (TPSA) is 78.1 Å². The number of ether oxygens (including phenoxy) is 1. The minimum absolute atomic E-state index is 0.0375. The molecular formula is C31H31FN6O2. The highest BCUT2D eigenvalue weighted by molar-refractivity contribution is 6.09. The summed E-state index contributed by atoms with van der Waals surface area (Å²) in [5.41, 5.74) is 6.06. The first-order chi connectivity index (χ1) is 19.5. The van der Waals surface area contributed by atoms with E-state index in [4.69, 9.17) is 9.72 Å². The number of aromatic nitrogens is 5. The molecule has 7 rings (SSSR count). The zero-order valence-electron chi connectivity index (χ0n) is 22.7. The molecule has 2 fully saturated rings. The monoisotopic (exact) mass is 538 g/mol. The van der Waals surface area contributed by atoms with Crippen molar-refractivity contribution in [2.24, 2.45) is 13.0 Å². The highest BCUT2D eigenvalue weighted by Gasteiger charge is 2.33. The third-order valence-electron chi connectivity index (χ3n) is 8.48. The summed E-state index contributed by atoms with van der Waals surface area (Å²) in [5, 5.41) is 9.17. The van der Waals surface area contributed by atoms with E-state index in [1.807, 2.05) is 44.4 Å². The molecule has 0 bridgehead atoms. The molecule has 0 radical (unpaired) electrons. The summed E-state index contributed by atoms with van der Waals surface area (Å²) in [4.78, 5) is 19.2. The van der Waals surface area contributed by atoms with Gasteiger partial charge >= 0.3 is 0 Å². The zero-order valence-corrected chi connectivity index (χ0v) is 22.7. The van der Waals surface area contributed by atoms with Gasteiger partial charge in [-0.15, -0.1) is 5.10 Å². The van der Waals surface area contributed by atoms with Crippen LogP contribution in [0.25, 0.3) is 33.2 Å². The molecule has 1 amide bonds. The summed E-state index contributed by atoms with van der Waals surface area (Å²) in [7, 11) is 1.86. The molecular weight excluding hydrogens is 507 g/mol. The van der Waals surface area contributed by atoms with Crippen LogP contribution < -0.4 is 4.90 Å². The number of carbonyl (C=O) groups is 1. The minimum Gasteiger partial charge on any atom is -0.381 e. The lowest BCUT2D eigenvalue weighted by atomic mass is 9.86. The van der Waals surface area contributed by atoms with Crippen molar-refractivity contribution in [3.63, 3.8) is 0 Å². The van der Waals surface area contributed by atoms with Gasteiger partial charge in [-0.2, -0.15) is 0 Å². The van der Waals surface area contributed by atoms with Crippen LogP contribution in [-0.4, -0.2) is 50.2 Å². The van der Waals surface area contributed by atoms with Gasteiger partial charge in [0.15, 0.2) is 5.82 Å². The van der Waals surface area contributed by atoms with E-state index in [1.165, 1.54) is 0 Å². The van der Waals surface area contributed by atoms with Crippen LogP contribution in [0.4, 0.5) is 10.1 Å². The van der Waals surface area contributed by atoms with Crippen LogP contribution in [0.2, 0.25) is 0 Å². The number of carbonyl (C=O) groups excluding carboxylic acids is 1. The van der Waals surface area contributed by atoms with Gasteiger partial charge in [0.05, 0.1) is 39.7 Å². The standard InChI is InChI=1S/C31H31FN6O2/c1-19-29(36(2)35-34-19)22-17-25-28(33-18-22)23-10-11-24(37-14-6-9-26(37)39)27(32)31(23)38(25)30(20-7-4-3-5-8-20)21-12-15-40-16-13-21/h3-5,7-8,10-11,17-18,21,30H,6,9,12-16H2,1-2H3/t30-/m1/s1. The molecule has 5 aromatic rings. The Balaban J connectivity index is 1.56. The van der Waals surface area contributed by atoms with Crippen LogP contribution in [-0.2, 0) is 16.6 Å². The summed E-state index contributed by atoms with van der Waals surface area (Å²) in [6.45, 7) is 3.80. The molecule has 8 nitrogen and oxygen atoms in total. The Hall–Kier alpha value is -4.11. The van der Waals surface area contributed by atoms with Crippen molar-refractivity contribution in [2.75, 3.05) is 24.7 Å². The number of fused-ring (bicyclic) bond motifs is 3. The highest BCUT2D eigenvalue weighted by Crippen LogP contribution is 2.43. The van der Waals surface area contributed by atoms with Gasteiger partial charge in [0, 0.05) is 50.4 Å². The fraction of sp³-hybridized carbons (Fsp3) is 0.355. The minimum atomic E-state index is -0.376. The number of halogens is 1. The van der Waals surface area contributed by atoms with Crippen molar-refractivity contribution in [1.29, 1.82) is 0 Å². The first-order valence-corrected chi connectivity index (χ1v) is 13.9. The van der Waals surface area contributed by atoms with E-state index < -0.39 is 0 Å². The predicted molar refractivity (Wildman–Crippen MR) is 152 cm³/mol. The van der Waals surface area contributed by atoms with Crippen LogP contribution in [0, 0.1) is 18.7 Å². The molecule has 3 aromatic heterocycles. The van der Waals surface area contributed by atoms with Gasteiger partial charge < -0.3 is 14.2 Å². The average Bonchev–Trinajstić information content (AvgIpc) is 3.65. The van der Waals surface area contributed by atoms with Gasteiger partial charge in [-0.1, -0.05) is 35.5 Å². The van der Waals surface area contributed by atoms with E-state index in [9.17, 15) is 4.79 Å². The number of amides is 1. The quantitative estimate of drug-likeness (QED) is 0.292. The summed E-state index contributed by atoms with van der Waals surface area (Å²) >= 11 is 0. The van der Waals surface area contributed by atoms with Crippen LogP contribution in [0.1, 0.15) is 43.0 Å². The first-order valence-electron chi connectivity index (χ1n) is 13.9. The second-order valence-corrected chi connectivity index (χ2v) is 10.9. The number of rotatable bonds is 5. The second kappa shape index (κ2) is 9.82. The van der Waals surface area contributed by atoms with Crippen molar-refractivity contribution >= 4 is 33.5 Å². The maximum Gasteiger partial charge on any atom is 0.227 e. The number of anilines is 1. The van der Waals surface area contributed by atoms with Gasteiger partial charge in [-0.25, -0.2) is 9.07 Å². The second-order valence-electron chi connectivity index (χ2n) is 10.9. The molecule has 1 atom stereocenters. The zero-order chi connectivity index (χ0) is 27.4. The lowest BCUT2D eigenvalue weighted by Gasteiger charge is -2.33. The van der Waals surface area contributed by atoms with Gasteiger partial charge in [0.1, 0.15) is 0 Å². The van der Waals surface area contributed by atoms with Gasteiger partial charge in [-0.3, -0.25) is 9.78 Å². The lowest BCUT2D eigenvalue weighted by molar-refractivity contribution is -0.117. The third-order valence-corrected chi connectivity index (χ3v) is 8.48. The summed E-state index contributed by atoms with van der Waals surface area (Å²) in [5.74, 6) is -0.182. The molecule has 0 unspecified atom stereocenters. The Morgan fingerprint density at radius 3 is 2.60 bits per heavy atom. The third kappa shape index (κ3) is 3.91. The molecule has 2 aromatic carbocycles. The smallest absolute Gasteiger partial charge is 0.227 e. The molecule has 0 spiro atoms. The molecule has 2 saturated heterocycles. The molecule has 5 heterocycles. The van der Waals surface area contributed by atoms with Gasteiger partial charge in [0.2, 0.25) is 5.91 Å². The number of benzene rings is 2. The molecule has 204 valence electrons. The molecule has 40 heavy (non-hydrogen) atoms. The summed E-state index contributed by atoms with van der Waals surface area (Å²) in [6, 6.07) is 15.9. The highest BCUT2D eigenvalue weighted by atomic mass is 19.1. The van der Waals surface area contributed by atoms with Crippen molar-refractivity contribution in [2.45, 2.75) is 38.6 Å². The van der Waals surface area contributed by atoms with E-state index >= 15 is 4.39 Å². The molecule has 0 aliphatic carbocycles. The first kappa shape index (κ1) is 24.9. The van der Waals surface area contributed by atoms with Crippen molar-refractivity contribution < 1.29 is 13.9 Å². The van der Waals surface area contributed by atoms with E-state index in [0.717, 1.165) is 58.2 Å². The van der Waals surface area contributed by atoms with Crippen LogP contribution in [0.15, 0.2) is 54.7 Å². The number of aryl methyl sites for hydroxylation is 2. The molecule has 0 N–H and O–H groups in total. The normalized spacial score (nSPS) is 17.4. The summed E-state index contributed by atoms with van der Waals surface area (Å²) in [6.07, 6.45) is 4.73. The van der Waals surface area contributed by atoms with Crippen molar-refractivity contribution in [3.8, 4) is 11.3 Å². The Kier molecular flexibility index (Phi) is 6.11. The van der Waals surface area contributed by atoms with Crippen LogP contribution in [0.5, 0.6) is 0 Å². The summed E-state index contributed by atoms with van der Waals surface area (Å²) < 4.78 is 26.5. The van der Waals surface area contributed by atoms with Crippen molar-refractivity contribution in [3.05, 3.63) is 71.8 Å². The fourth-order valence-corrected chi connectivity index (χ4v) is 6.64. The maximum absolute atomic E-state index is 16.8. The molecule has 2 aliphatic rings. The van der Waals surface area contributed by atoms with E-state index in [0.29, 0.717) is 37.4 Å².